The molecule has 1 aromatic rings. The Bertz CT molecular complexity index is 305. The van der Waals surface area contributed by atoms with Gasteiger partial charge in [0.05, 0.1) is 0 Å². The SMILES string of the molecule is CC1CCC(NCc2ccc(N)cc2)C1. The van der Waals surface area contributed by atoms with Crippen molar-refractivity contribution in [3.63, 3.8) is 0 Å². The van der Waals surface area contributed by atoms with Crippen molar-refractivity contribution in [1.29, 1.82) is 0 Å². The normalized spacial score (nSPS) is 25.7. The Morgan fingerprint density at radius 1 is 1.27 bits per heavy atom. The fourth-order valence-electron chi connectivity index (χ4n) is 2.29. The molecule has 0 spiro atoms. The van der Waals surface area contributed by atoms with E-state index < -0.39 is 0 Å². The van der Waals surface area contributed by atoms with E-state index in [9.17, 15) is 0 Å². The zero-order valence-electron chi connectivity index (χ0n) is 9.37. The molecule has 0 aromatic heterocycles. The number of nitrogens with one attached hydrogen (secondary N) is 1. The number of anilines is 1. The van der Waals surface area contributed by atoms with E-state index in [2.05, 4.69) is 24.4 Å². The lowest BCUT2D eigenvalue weighted by Gasteiger charge is -2.12. The lowest BCUT2D eigenvalue weighted by atomic mass is 10.1. The zero-order valence-corrected chi connectivity index (χ0v) is 9.37. The summed E-state index contributed by atoms with van der Waals surface area (Å²) in [7, 11) is 0. The third-order valence-electron chi connectivity index (χ3n) is 3.27. The summed E-state index contributed by atoms with van der Waals surface area (Å²) in [5.41, 5.74) is 7.81. The average Bonchev–Trinajstić information content (AvgIpc) is 2.64. The molecular formula is C13H20N2. The molecule has 0 radical (unpaired) electrons. The van der Waals surface area contributed by atoms with Gasteiger partial charge in [-0.2, -0.15) is 0 Å². The van der Waals surface area contributed by atoms with E-state index >= 15 is 0 Å². The van der Waals surface area contributed by atoms with Crippen molar-refractivity contribution >= 4 is 5.69 Å². The maximum absolute atomic E-state index is 5.64. The number of benzene rings is 1. The van der Waals surface area contributed by atoms with Gasteiger partial charge in [-0.1, -0.05) is 19.1 Å². The molecule has 15 heavy (non-hydrogen) atoms. The first-order valence-electron chi connectivity index (χ1n) is 5.82. The second kappa shape index (κ2) is 4.67. The van der Waals surface area contributed by atoms with Gasteiger partial charge < -0.3 is 11.1 Å². The van der Waals surface area contributed by atoms with Gasteiger partial charge in [0, 0.05) is 18.3 Å². The van der Waals surface area contributed by atoms with Crippen LogP contribution in [0.25, 0.3) is 0 Å². The maximum atomic E-state index is 5.64. The Labute approximate surface area is 91.9 Å². The molecule has 0 aliphatic heterocycles. The predicted octanol–water partition coefficient (Wildman–Crippen LogP) is 2.55. The Morgan fingerprint density at radius 2 is 2.00 bits per heavy atom. The second-order valence-electron chi connectivity index (χ2n) is 4.74. The van der Waals surface area contributed by atoms with Crippen LogP contribution in [0.4, 0.5) is 5.69 Å². The monoisotopic (exact) mass is 204 g/mol. The van der Waals surface area contributed by atoms with Crippen LogP contribution in [0.2, 0.25) is 0 Å². The molecule has 1 aliphatic rings. The van der Waals surface area contributed by atoms with Crippen molar-refractivity contribution in [1.82, 2.24) is 5.32 Å². The second-order valence-corrected chi connectivity index (χ2v) is 4.74. The van der Waals surface area contributed by atoms with Gasteiger partial charge in [0.1, 0.15) is 0 Å². The summed E-state index contributed by atoms with van der Waals surface area (Å²) in [6.07, 6.45) is 4.03. The van der Waals surface area contributed by atoms with Gasteiger partial charge >= 0.3 is 0 Å². The van der Waals surface area contributed by atoms with Crippen LogP contribution in [0, 0.1) is 5.92 Å². The minimum Gasteiger partial charge on any atom is -0.399 e. The Morgan fingerprint density at radius 3 is 2.60 bits per heavy atom. The third-order valence-corrected chi connectivity index (χ3v) is 3.27. The van der Waals surface area contributed by atoms with Crippen molar-refractivity contribution in [2.75, 3.05) is 5.73 Å². The molecule has 3 N–H and O–H groups in total. The highest BCUT2D eigenvalue weighted by atomic mass is 14.9. The van der Waals surface area contributed by atoms with Crippen LogP contribution in [0.5, 0.6) is 0 Å². The van der Waals surface area contributed by atoms with Gasteiger partial charge in [-0.3, -0.25) is 0 Å². The third kappa shape index (κ3) is 2.96. The topological polar surface area (TPSA) is 38.0 Å². The van der Waals surface area contributed by atoms with Crippen LogP contribution < -0.4 is 11.1 Å². The van der Waals surface area contributed by atoms with Gasteiger partial charge in [-0.15, -0.1) is 0 Å². The summed E-state index contributed by atoms with van der Waals surface area (Å²) < 4.78 is 0. The molecular weight excluding hydrogens is 184 g/mol. The summed E-state index contributed by atoms with van der Waals surface area (Å²) in [5, 5.41) is 3.61. The molecule has 1 aliphatic carbocycles. The fourth-order valence-corrected chi connectivity index (χ4v) is 2.29. The van der Waals surface area contributed by atoms with E-state index in [0.717, 1.165) is 24.2 Å². The fraction of sp³-hybridized carbons (Fsp3) is 0.538. The molecule has 1 fully saturated rings. The van der Waals surface area contributed by atoms with Crippen LogP contribution in [-0.4, -0.2) is 6.04 Å². The van der Waals surface area contributed by atoms with Crippen molar-refractivity contribution in [2.45, 2.75) is 38.8 Å². The summed E-state index contributed by atoms with van der Waals surface area (Å²) in [4.78, 5) is 0. The quantitative estimate of drug-likeness (QED) is 0.743. The first kappa shape index (κ1) is 10.5. The standard InChI is InChI=1S/C13H20N2/c1-10-2-7-13(8-10)15-9-11-3-5-12(14)6-4-11/h3-6,10,13,15H,2,7-9,14H2,1H3. The summed E-state index contributed by atoms with van der Waals surface area (Å²) in [5.74, 6) is 0.897. The van der Waals surface area contributed by atoms with Gasteiger partial charge in [-0.05, 0) is 42.9 Å². The smallest absolute Gasteiger partial charge is 0.0314 e. The Balaban J connectivity index is 1.80. The summed E-state index contributed by atoms with van der Waals surface area (Å²) in [6, 6.07) is 8.85. The lowest BCUT2D eigenvalue weighted by Crippen LogP contribution is -2.25. The molecule has 0 heterocycles. The molecule has 2 nitrogen and oxygen atoms in total. The van der Waals surface area contributed by atoms with E-state index in [1.807, 2.05) is 12.1 Å². The molecule has 2 rings (SSSR count). The molecule has 2 atom stereocenters. The van der Waals surface area contributed by atoms with Gasteiger partial charge in [0.15, 0.2) is 0 Å². The van der Waals surface area contributed by atoms with Crippen molar-refractivity contribution in [2.24, 2.45) is 5.92 Å². The van der Waals surface area contributed by atoms with Crippen LogP contribution >= 0.6 is 0 Å². The summed E-state index contributed by atoms with van der Waals surface area (Å²) in [6.45, 7) is 3.31. The Hall–Kier alpha value is -1.02. The number of rotatable bonds is 3. The number of hydrogen-bond donors (Lipinski definition) is 2. The minimum atomic E-state index is 0.720. The van der Waals surface area contributed by atoms with Gasteiger partial charge in [0.2, 0.25) is 0 Å². The zero-order chi connectivity index (χ0) is 10.7. The van der Waals surface area contributed by atoms with Crippen LogP contribution in [-0.2, 0) is 6.54 Å². The Kier molecular flexibility index (Phi) is 3.27. The first-order valence-corrected chi connectivity index (χ1v) is 5.82. The van der Waals surface area contributed by atoms with E-state index in [0.29, 0.717) is 0 Å². The molecule has 2 heteroatoms. The van der Waals surface area contributed by atoms with Crippen molar-refractivity contribution in [3.05, 3.63) is 29.8 Å². The van der Waals surface area contributed by atoms with E-state index in [4.69, 9.17) is 5.73 Å². The van der Waals surface area contributed by atoms with Gasteiger partial charge in [0.25, 0.3) is 0 Å². The van der Waals surface area contributed by atoms with E-state index in [-0.39, 0.29) is 0 Å². The lowest BCUT2D eigenvalue weighted by molar-refractivity contribution is 0.502. The highest BCUT2D eigenvalue weighted by molar-refractivity contribution is 5.39. The van der Waals surface area contributed by atoms with E-state index in [1.165, 1.54) is 24.8 Å². The summed E-state index contributed by atoms with van der Waals surface area (Å²) >= 11 is 0. The maximum Gasteiger partial charge on any atom is 0.0314 e. The van der Waals surface area contributed by atoms with Crippen LogP contribution in [0.1, 0.15) is 31.7 Å². The molecule has 2 unspecified atom stereocenters. The highest BCUT2D eigenvalue weighted by Gasteiger charge is 2.20. The first-order chi connectivity index (χ1) is 7.24. The predicted molar refractivity (Wildman–Crippen MR) is 64.5 cm³/mol. The molecule has 0 saturated heterocycles. The molecule has 0 amide bonds. The molecule has 0 bridgehead atoms. The number of hydrogen-bond acceptors (Lipinski definition) is 2. The van der Waals surface area contributed by atoms with Crippen LogP contribution in [0.15, 0.2) is 24.3 Å². The number of nitrogen functional groups attached to an aromatic ring is 1. The molecule has 1 aromatic carbocycles. The largest absolute Gasteiger partial charge is 0.399 e. The highest BCUT2D eigenvalue weighted by Crippen LogP contribution is 2.24. The minimum absolute atomic E-state index is 0.720. The molecule has 82 valence electrons. The van der Waals surface area contributed by atoms with E-state index in [1.54, 1.807) is 0 Å². The van der Waals surface area contributed by atoms with Crippen LogP contribution in [0.3, 0.4) is 0 Å². The van der Waals surface area contributed by atoms with Crippen molar-refractivity contribution < 1.29 is 0 Å². The number of nitrogens with two attached hydrogens (primary N) is 1. The van der Waals surface area contributed by atoms with Crippen molar-refractivity contribution in [3.8, 4) is 0 Å². The molecule has 1 saturated carbocycles. The van der Waals surface area contributed by atoms with Gasteiger partial charge in [-0.25, -0.2) is 0 Å². The average molecular weight is 204 g/mol.